The van der Waals surface area contributed by atoms with Crippen LogP contribution < -0.4 is 5.32 Å². The largest absolute Gasteiger partial charge is 0.311 e. The lowest BCUT2D eigenvalue weighted by Crippen LogP contribution is -2.59. The molecule has 1 saturated carbocycles. The Bertz CT molecular complexity index is 553. The molecular formula is C17H20N2O. The number of hydrogen-bond donors (Lipinski definition) is 1. The zero-order valence-electron chi connectivity index (χ0n) is 11.7. The first-order valence-corrected chi connectivity index (χ1v) is 7.57. The van der Waals surface area contributed by atoms with Gasteiger partial charge in [0.25, 0.3) is 5.91 Å². The first-order chi connectivity index (χ1) is 9.70. The van der Waals surface area contributed by atoms with E-state index in [4.69, 9.17) is 0 Å². The minimum absolute atomic E-state index is 0.145. The Morgan fingerprint density at radius 2 is 2.00 bits per heavy atom. The topological polar surface area (TPSA) is 32.3 Å². The lowest BCUT2D eigenvalue weighted by Gasteiger charge is -2.50. The van der Waals surface area contributed by atoms with Gasteiger partial charge >= 0.3 is 0 Å². The van der Waals surface area contributed by atoms with Crippen molar-refractivity contribution in [2.24, 2.45) is 0 Å². The predicted molar refractivity (Wildman–Crippen MR) is 79.3 cm³/mol. The van der Waals surface area contributed by atoms with Crippen molar-refractivity contribution < 1.29 is 4.79 Å². The quantitative estimate of drug-likeness (QED) is 0.849. The highest BCUT2D eigenvalue weighted by Crippen LogP contribution is 2.43. The number of nitrogens with one attached hydrogen (secondary N) is 1. The van der Waals surface area contributed by atoms with Gasteiger partial charge in [-0.2, -0.15) is 0 Å². The molecule has 1 aliphatic carbocycles. The van der Waals surface area contributed by atoms with Gasteiger partial charge in [-0.05, 0) is 44.7 Å². The molecule has 1 unspecified atom stereocenters. The average molecular weight is 268 g/mol. The van der Waals surface area contributed by atoms with Crippen LogP contribution in [-0.2, 0) is 0 Å². The van der Waals surface area contributed by atoms with E-state index in [-0.39, 0.29) is 5.91 Å². The van der Waals surface area contributed by atoms with Crippen LogP contribution in [-0.4, -0.2) is 28.9 Å². The third-order valence-electron chi connectivity index (χ3n) is 5.26. The van der Waals surface area contributed by atoms with Crippen LogP contribution in [0.1, 0.15) is 48.0 Å². The van der Waals surface area contributed by atoms with Crippen LogP contribution in [0.5, 0.6) is 0 Å². The predicted octanol–water partition coefficient (Wildman–Crippen LogP) is 2.79. The van der Waals surface area contributed by atoms with Gasteiger partial charge < -0.3 is 10.2 Å². The Kier molecular flexibility index (Phi) is 2.55. The van der Waals surface area contributed by atoms with E-state index >= 15 is 0 Å². The Morgan fingerprint density at radius 1 is 1.25 bits per heavy atom. The molecule has 0 aromatic heterocycles. The molecule has 20 heavy (non-hydrogen) atoms. The van der Waals surface area contributed by atoms with Gasteiger partial charge in [-0.3, -0.25) is 4.79 Å². The van der Waals surface area contributed by atoms with Gasteiger partial charge in [0.2, 0.25) is 0 Å². The molecular weight excluding hydrogens is 248 g/mol. The van der Waals surface area contributed by atoms with E-state index in [0.717, 1.165) is 36.2 Å². The van der Waals surface area contributed by atoms with Crippen LogP contribution in [0.25, 0.3) is 5.70 Å². The van der Waals surface area contributed by atoms with Crippen molar-refractivity contribution in [1.29, 1.82) is 0 Å². The molecule has 1 N–H and O–H groups in total. The van der Waals surface area contributed by atoms with Crippen molar-refractivity contribution in [2.45, 2.75) is 43.7 Å². The summed E-state index contributed by atoms with van der Waals surface area (Å²) in [7, 11) is 0. The Labute approximate surface area is 119 Å². The van der Waals surface area contributed by atoms with Crippen molar-refractivity contribution >= 4 is 11.6 Å². The molecule has 4 rings (SSSR count). The summed E-state index contributed by atoms with van der Waals surface area (Å²) in [6, 6.07) is 8.16. The van der Waals surface area contributed by atoms with Crippen molar-refractivity contribution in [1.82, 2.24) is 10.2 Å². The summed E-state index contributed by atoms with van der Waals surface area (Å²) >= 11 is 0. The maximum Gasteiger partial charge on any atom is 0.259 e. The summed E-state index contributed by atoms with van der Waals surface area (Å²) in [5.41, 5.74) is 3.03. The highest BCUT2D eigenvalue weighted by Gasteiger charge is 2.45. The number of benzene rings is 1. The number of carbonyl (C=O) groups is 1. The molecule has 0 radical (unpaired) electrons. The van der Waals surface area contributed by atoms with Crippen LogP contribution >= 0.6 is 0 Å². The van der Waals surface area contributed by atoms with Crippen molar-refractivity contribution in [3.05, 3.63) is 42.0 Å². The minimum atomic E-state index is 0.145. The van der Waals surface area contributed by atoms with Crippen LogP contribution in [0.15, 0.2) is 30.8 Å². The fourth-order valence-corrected chi connectivity index (χ4v) is 4.02. The number of piperidine rings is 1. The zero-order chi connectivity index (χ0) is 13.7. The van der Waals surface area contributed by atoms with Crippen LogP contribution in [0.2, 0.25) is 0 Å². The molecule has 2 heterocycles. The Balaban J connectivity index is 1.64. The fourth-order valence-electron chi connectivity index (χ4n) is 4.02. The maximum absolute atomic E-state index is 12.7. The Hall–Kier alpha value is -1.61. The molecule has 2 fully saturated rings. The fraction of sp³-hybridized carbons (Fsp3) is 0.471. The summed E-state index contributed by atoms with van der Waals surface area (Å²) in [5.74, 6) is 0.145. The van der Waals surface area contributed by atoms with E-state index in [1.54, 1.807) is 0 Å². The molecule has 1 saturated heterocycles. The lowest BCUT2D eigenvalue weighted by molar-refractivity contribution is 0.0619. The molecule has 0 bridgehead atoms. The first-order valence-electron chi connectivity index (χ1n) is 7.57. The molecule has 1 spiro atoms. The Morgan fingerprint density at radius 3 is 2.65 bits per heavy atom. The monoisotopic (exact) mass is 268 g/mol. The maximum atomic E-state index is 12.7. The van der Waals surface area contributed by atoms with Crippen molar-refractivity contribution in [3.63, 3.8) is 0 Å². The molecule has 3 nitrogen and oxygen atoms in total. The highest BCUT2D eigenvalue weighted by molar-refractivity contribution is 6.09. The van der Waals surface area contributed by atoms with Gasteiger partial charge in [0, 0.05) is 28.4 Å². The number of carbonyl (C=O) groups excluding carboxylic acids is 1. The van der Waals surface area contributed by atoms with Gasteiger partial charge in [-0.15, -0.1) is 0 Å². The molecule has 104 valence electrons. The van der Waals surface area contributed by atoms with E-state index < -0.39 is 0 Å². The number of amides is 1. The molecule has 2 aliphatic heterocycles. The lowest BCUT2D eigenvalue weighted by atomic mass is 9.70. The van der Waals surface area contributed by atoms with Crippen molar-refractivity contribution in [3.8, 4) is 0 Å². The normalized spacial score (nSPS) is 27.6. The second-order valence-electron chi connectivity index (χ2n) is 6.37. The smallest absolute Gasteiger partial charge is 0.259 e. The SMILES string of the molecule is C=C1c2ccccc2C(=O)N1C1CCNC2(CCC2)C1. The van der Waals surface area contributed by atoms with Gasteiger partial charge in [0.15, 0.2) is 0 Å². The second-order valence-corrected chi connectivity index (χ2v) is 6.37. The molecule has 1 amide bonds. The van der Waals surface area contributed by atoms with Crippen LogP contribution in [0.3, 0.4) is 0 Å². The van der Waals surface area contributed by atoms with Crippen LogP contribution in [0, 0.1) is 0 Å². The van der Waals surface area contributed by atoms with Crippen molar-refractivity contribution in [2.75, 3.05) is 6.54 Å². The molecule has 3 aliphatic rings. The van der Waals surface area contributed by atoms with E-state index in [0.29, 0.717) is 11.6 Å². The average Bonchev–Trinajstić information content (AvgIpc) is 2.70. The van der Waals surface area contributed by atoms with E-state index in [1.807, 2.05) is 29.2 Å². The number of rotatable bonds is 1. The summed E-state index contributed by atoms with van der Waals surface area (Å²) in [4.78, 5) is 14.6. The highest BCUT2D eigenvalue weighted by atomic mass is 16.2. The molecule has 3 heteroatoms. The number of nitrogens with zero attached hydrogens (tertiary/aromatic N) is 1. The van der Waals surface area contributed by atoms with E-state index in [1.165, 1.54) is 19.3 Å². The van der Waals surface area contributed by atoms with Gasteiger partial charge in [-0.1, -0.05) is 24.8 Å². The summed E-state index contributed by atoms with van der Waals surface area (Å²) in [6.07, 6.45) is 5.93. The molecule has 1 aromatic carbocycles. The van der Waals surface area contributed by atoms with Crippen LogP contribution in [0.4, 0.5) is 0 Å². The third kappa shape index (κ3) is 1.59. The minimum Gasteiger partial charge on any atom is -0.311 e. The summed E-state index contributed by atoms with van der Waals surface area (Å²) in [5, 5.41) is 3.67. The van der Waals surface area contributed by atoms with Gasteiger partial charge in [0.1, 0.15) is 0 Å². The third-order valence-corrected chi connectivity index (χ3v) is 5.26. The number of fused-ring (bicyclic) bond motifs is 1. The zero-order valence-corrected chi connectivity index (χ0v) is 11.7. The number of hydrogen-bond acceptors (Lipinski definition) is 2. The molecule has 1 atom stereocenters. The molecule has 1 aromatic rings. The van der Waals surface area contributed by atoms with Gasteiger partial charge in [0.05, 0.1) is 0 Å². The van der Waals surface area contributed by atoms with E-state index in [9.17, 15) is 4.79 Å². The second kappa shape index (κ2) is 4.19. The van der Waals surface area contributed by atoms with Gasteiger partial charge in [-0.25, -0.2) is 0 Å². The summed E-state index contributed by atoms with van der Waals surface area (Å²) in [6.45, 7) is 5.19. The summed E-state index contributed by atoms with van der Waals surface area (Å²) < 4.78 is 0. The first kappa shape index (κ1) is 12.2. The standard InChI is InChI=1S/C17H20N2O/c1-12-14-5-2-3-6-15(14)16(20)19(12)13-7-10-18-17(11-13)8-4-9-17/h2-3,5-6,13,18H,1,4,7-11H2. The van der Waals surface area contributed by atoms with E-state index in [2.05, 4.69) is 11.9 Å².